The maximum absolute atomic E-state index is 12.8. The maximum Gasteiger partial charge on any atom is 0.273 e. The van der Waals surface area contributed by atoms with Gasteiger partial charge in [-0.2, -0.15) is 0 Å². The van der Waals surface area contributed by atoms with Crippen molar-refractivity contribution < 1.29 is 14.5 Å². The molecule has 190 valence electrons. The molecule has 9 nitrogen and oxygen atoms in total. The van der Waals surface area contributed by atoms with Crippen molar-refractivity contribution >= 4 is 46.2 Å². The van der Waals surface area contributed by atoms with Crippen LogP contribution in [-0.2, 0) is 0 Å². The SMILES string of the molecule is Cc1ccc(C(=O)N2CCN(c3ccc(NC(=S)NC(=O)c4cccc([N+](=O)[O-])c4C)cc3)CC2)cc1. The van der Waals surface area contributed by atoms with Crippen LogP contribution in [0.25, 0.3) is 0 Å². The summed E-state index contributed by atoms with van der Waals surface area (Å²) in [5.41, 5.74) is 3.89. The molecule has 0 bridgehead atoms. The average Bonchev–Trinajstić information content (AvgIpc) is 2.89. The fraction of sp³-hybridized carbons (Fsp3) is 0.222. The Morgan fingerprint density at radius 3 is 2.19 bits per heavy atom. The van der Waals surface area contributed by atoms with Crippen molar-refractivity contribution in [1.82, 2.24) is 10.2 Å². The molecule has 0 atom stereocenters. The van der Waals surface area contributed by atoms with Crippen LogP contribution in [0.5, 0.6) is 0 Å². The lowest BCUT2D eigenvalue weighted by molar-refractivity contribution is -0.385. The first-order valence-corrected chi connectivity index (χ1v) is 12.2. The van der Waals surface area contributed by atoms with Crippen molar-refractivity contribution in [2.75, 3.05) is 36.4 Å². The molecular formula is C27H27N5O4S. The van der Waals surface area contributed by atoms with Gasteiger partial charge in [0.15, 0.2) is 5.11 Å². The molecule has 0 aromatic heterocycles. The van der Waals surface area contributed by atoms with Crippen LogP contribution in [-0.4, -0.2) is 52.9 Å². The second-order valence-electron chi connectivity index (χ2n) is 8.81. The van der Waals surface area contributed by atoms with Crippen LogP contribution < -0.4 is 15.5 Å². The van der Waals surface area contributed by atoms with Crippen LogP contribution >= 0.6 is 12.2 Å². The van der Waals surface area contributed by atoms with Crippen molar-refractivity contribution in [2.24, 2.45) is 0 Å². The van der Waals surface area contributed by atoms with Gasteiger partial charge in [0.25, 0.3) is 17.5 Å². The van der Waals surface area contributed by atoms with Crippen molar-refractivity contribution in [3.05, 3.63) is 99.1 Å². The number of thiocarbonyl (C=S) groups is 1. The smallest absolute Gasteiger partial charge is 0.273 e. The van der Waals surface area contributed by atoms with Gasteiger partial charge < -0.3 is 15.1 Å². The monoisotopic (exact) mass is 517 g/mol. The number of benzene rings is 3. The molecule has 4 rings (SSSR count). The number of amides is 2. The van der Waals surface area contributed by atoms with Crippen LogP contribution in [0.15, 0.2) is 66.7 Å². The standard InChI is InChI=1S/C27H27N5O4S/c1-18-6-8-20(9-7-18)26(34)31-16-14-30(15-17-31)22-12-10-21(11-13-22)28-27(37)29-25(33)23-4-3-5-24(19(23)2)32(35)36/h3-13H,14-17H2,1-2H3,(H2,28,29,33,37). The van der Waals surface area contributed by atoms with Crippen LogP contribution in [0.4, 0.5) is 17.1 Å². The van der Waals surface area contributed by atoms with Crippen molar-refractivity contribution in [3.8, 4) is 0 Å². The molecule has 0 saturated carbocycles. The van der Waals surface area contributed by atoms with Gasteiger partial charge in [-0.3, -0.25) is 25.0 Å². The lowest BCUT2D eigenvalue weighted by atomic mass is 10.1. The van der Waals surface area contributed by atoms with E-state index in [1.165, 1.54) is 25.1 Å². The zero-order valence-corrected chi connectivity index (χ0v) is 21.4. The van der Waals surface area contributed by atoms with Gasteiger partial charge in [-0.25, -0.2) is 0 Å². The Hall–Kier alpha value is -4.31. The van der Waals surface area contributed by atoms with E-state index in [9.17, 15) is 19.7 Å². The van der Waals surface area contributed by atoms with Gasteiger partial charge in [-0.05, 0) is 68.5 Å². The van der Waals surface area contributed by atoms with E-state index in [1.807, 2.05) is 60.4 Å². The summed E-state index contributed by atoms with van der Waals surface area (Å²) in [5, 5.41) is 16.8. The lowest BCUT2D eigenvalue weighted by Crippen LogP contribution is -2.48. The minimum atomic E-state index is -0.522. The molecule has 10 heteroatoms. The number of nitrogens with zero attached hydrogens (tertiary/aromatic N) is 3. The van der Waals surface area contributed by atoms with Crippen molar-refractivity contribution in [2.45, 2.75) is 13.8 Å². The van der Waals surface area contributed by atoms with Gasteiger partial charge >= 0.3 is 0 Å². The molecule has 0 spiro atoms. The molecule has 1 aliphatic rings. The zero-order valence-electron chi connectivity index (χ0n) is 20.6. The summed E-state index contributed by atoms with van der Waals surface area (Å²) in [6.45, 7) is 6.25. The summed E-state index contributed by atoms with van der Waals surface area (Å²) >= 11 is 5.26. The first kappa shape index (κ1) is 25.8. The lowest BCUT2D eigenvalue weighted by Gasteiger charge is -2.36. The summed E-state index contributed by atoms with van der Waals surface area (Å²) in [6, 6.07) is 19.6. The number of piperazine rings is 1. The summed E-state index contributed by atoms with van der Waals surface area (Å²) in [5.74, 6) is -0.469. The van der Waals surface area contributed by atoms with E-state index < -0.39 is 10.8 Å². The Morgan fingerprint density at radius 2 is 1.57 bits per heavy atom. The normalized spacial score (nSPS) is 13.1. The van der Waals surface area contributed by atoms with E-state index in [0.29, 0.717) is 24.3 Å². The maximum atomic E-state index is 12.8. The highest BCUT2D eigenvalue weighted by Crippen LogP contribution is 2.22. The fourth-order valence-corrected chi connectivity index (χ4v) is 4.41. The van der Waals surface area contributed by atoms with E-state index in [4.69, 9.17) is 12.2 Å². The number of nitrogens with one attached hydrogen (secondary N) is 2. The topological polar surface area (TPSA) is 108 Å². The number of carbonyl (C=O) groups excluding carboxylic acids is 2. The fourth-order valence-electron chi connectivity index (χ4n) is 4.20. The Morgan fingerprint density at radius 1 is 0.919 bits per heavy atom. The first-order chi connectivity index (χ1) is 17.7. The minimum absolute atomic E-state index is 0.0510. The second kappa shape index (κ2) is 11.2. The molecule has 2 amide bonds. The van der Waals surface area contributed by atoms with Crippen LogP contribution in [0.3, 0.4) is 0 Å². The molecule has 1 fully saturated rings. The first-order valence-electron chi connectivity index (χ1n) is 11.8. The van der Waals surface area contributed by atoms with Crippen molar-refractivity contribution in [3.63, 3.8) is 0 Å². The Balaban J connectivity index is 1.30. The van der Waals surface area contributed by atoms with Crippen molar-refractivity contribution in [1.29, 1.82) is 0 Å². The van der Waals surface area contributed by atoms with Gasteiger partial charge in [-0.1, -0.05) is 23.8 Å². The number of hydrogen-bond donors (Lipinski definition) is 2. The van der Waals surface area contributed by atoms with Crippen LogP contribution in [0.1, 0.15) is 31.8 Å². The van der Waals surface area contributed by atoms with Gasteiger partial charge in [0.2, 0.25) is 0 Å². The molecular weight excluding hydrogens is 490 g/mol. The van der Waals surface area contributed by atoms with Gasteiger partial charge in [0.1, 0.15) is 0 Å². The molecule has 1 heterocycles. The molecule has 2 N–H and O–H groups in total. The molecule has 0 radical (unpaired) electrons. The van der Waals surface area contributed by atoms with E-state index in [2.05, 4.69) is 15.5 Å². The number of rotatable bonds is 5. The summed E-state index contributed by atoms with van der Waals surface area (Å²) in [6.07, 6.45) is 0. The van der Waals surface area contributed by atoms with Crippen LogP contribution in [0.2, 0.25) is 0 Å². The molecule has 0 unspecified atom stereocenters. The number of hydrogen-bond acceptors (Lipinski definition) is 6. The quantitative estimate of drug-likeness (QED) is 0.295. The number of nitro benzene ring substituents is 1. The molecule has 37 heavy (non-hydrogen) atoms. The predicted molar refractivity (Wildman–Crippen MR) is 147 cm³/mol. The second-order valence-corrected chi connectivity index (χ2v) is 9.22. The highest BCUT2D eigenvalue weighted by Gasteiger charge is 2.22. The van der Waals surface area contributed by atoms with Gasteiger partial charge in [0.05, 0.1) is 4.92 Å². The van der Waals surface area contributed by atoms with E-state index in [1.54, 1.807) is 0 Å². The highest BCUT2D eigenvalue weighted by molar-refractivity contribution is 7.80. The number of carbonyl (C=O) groups is 2. The summed E-state index contributed by atoms with van der Waals surface area (Å²) in [4.78, 5) is 40.0. The molecule has 3 aromatic rings. The third-order valence-electron chi connectivity index (χ3n) is 6.33. The third kappa shape index (κ3) is 6.10. The molecule has 1 saturated heterocycles. The number of anilines is 2. The number of aryl methyl sites for hydroxylation is 1. The third-order valence-corrected chi connectivity index (χ3v) is 6.53. The Kier molecular flexibility index (Phi) is 7.78. The Bertz CT molecular complexity index is 1330. The summed E-state index contributed by atoms with van der Waals surface area (Å²) in [7, 11) is 0. The minimum Gasteiger partial charge on any atom is -0.368 e. The Labute approximate surface area is 220 Å². The predicted octanol–water partition coefficient (Wildman–Crippen LogP) is 4.30. The van der Waals surface area contributed by atoms with Gasteiger partial charge in [-0.15, -0.1) is 0 Å². The van der Waals surface area contributed by atoms with Crippen LogP contribution in [0, 0.1) is 24.0 Å². The van der Waals surface area contributed by atoms with E-state index in [-0.39, 0.29) is 27.8 Å². The van der Waals surface area contributed by atoms with E-state index in [0.717, 1.165) is 24.3 Å². The largest absolute Gasteiger partial charge is 0.368 e. The summed E-state index contributed by atoms with van der Waals surface area (Å²) < 4.78 is 0. The zero-order chi connectivity index (χ0) is 26.5. The van der Waals surface area contributed by atoms with Gasteiger partial charge in [0, 0.05) is 60.3 Å². The average molecular weight is 518 g/mol. The molecule has 3 aromatic carbocycles. The van der Waals surface area contributed by atoms with E-state index >= 15 is 0 Å². The molecule has 0 aliphatic carbocycles. The molecule has 1 aliphatic heterocycles. The highest BCUT2D eigenvalue weighted by atomic mass is 32.1. The number of nitro groups is 1.